The van der Waals surface area contributed by atoms with Crippen LogP contribution in [0.2, 0.25) is 0 Å². The molecule has 0 amide bonds. The molecule has 0 unspecified atom stereocenters. The molecule has 1 saturated heterocycles. The Hall–Kier alpha value is -2.27. The number of likely N-dealkylation sites (tertiary alicyclic amines) is 1. The van der Waals surface area contributed by atoms with Crippen LogP contribution in [0.15, 0.2) is 24.4 Å². The second-order valence-corrected chi connectivity index (χ2v) is 6.80. The molecule has 3 heterocycles. The van der Waals surface area contributed by atoms with Crippen molar-refractivity contribution in [3.8, 4) is 11.5 Å². The van der Waals surface area contributed by atoms with Crippen molar-refractivity contribution in [2.75, 3.05) is 33.4 Å². The maximum atomic E-state index is 6.03. The predicted molar refractivity (Wildman–Crippen MR) is 101 cm³/mol. The highest BCUT2D eigenvalue weighted by atomic mass is 16.5. The van der Waals surface area contributed by atoms with Gasteiger partial charge in [0.1, 0.15) is 0 Å². The van der Waals surface area contributed by atoms with Crippen LogP contribution in [0, 0.1) is 6.92 Å². The largest absolute Gasteiger partial charge is 0.493 e. The van der Waals surface area contributed by atoms with Gasteiger partial charge in [-0.3, -0.25) is 4.98 Å². The molecular formula is C20H25N3O2. The number of aromatic amines is 1. The summed E-state index contributed by atoms with van der Waals surface area (Å²) in [6.07, 6.45) is 5.62. The van der Waals surface area contributed by atoms with E-state index >= 15 is 0 Å². The van der Waals surface area contributed by atoms with Crippen LogP contribution in [-0.4, -0.2) is 48.2 Å². The maximum Gasteiger partial charge on any atom is 0.163 e. The highest BCUT2D eigenvalue weighted by Gasteiger charge is 2.13. The molecule has 0 bridgehead atoms. The van der Waals surface area contributed by atoms with Crippen molar-refractivity contribution in [3.63, 3.8) is 0 Å². The number of rotatable bonds is 6. The number of nitrogens with one attached hydrogen (secondary N) is 1. The summed E-state index contributed by atoms with van der Waals surface area (Å²) in [5.74, 6) is 1.57. The van der Waals surface area contributed by atoms with Gasteiger partial charge in [-0.25, -0.2) is 0 Å². The first-order valence-corrected chi connectivity index (χ1v) is 9.06. The van der Waals surface area contributed by atoms with Crippen molar-refractivity contribution in [2.24, 2.45) is 0 Å². The Balaban J connectivity index is 1.54. The number of methoxy groups -OCH3 is 1. The summed E-state index contributed by atoms with van der Waals surface area (Å²) in [4.78, 5) is 10.4. The van der Waals surface area contributed by atoms with Crippen LogP contribution < -0.4 is 9.47 Å². The number of pyridine rings is 1. The highest BCUT2D eigenvalue weighted by molar-refractivity contribution is 6.08. The zero-order valence-corrected chi connectivity index (χ0v) is 15.0. The lowest BCUT2D eigenvalue weighted by Crippen LogP contribution is -2.21. The summed E-state index contributed by atoms with van der Waals surface area (Å²) in [5, 5.41) is 2.23. The summed E-state index contributed by atoms with van der Waals surface area (Å²) in [6, 6.07) is 6.15. The molecule has 0 aliphatic carbocycles. The Kier molecular flexibility index (Phi) is 4.49. The summed E-state index contributed by atoms with van der Waals surface area (Å²) in [6.45, 7) is 6.29. The van der Waals surface area contributed by atoms with E-state index in [9.17, 15) is 0 Å². The van der Waals surface area contributed by atoms with Crippen LogP contribution in [-0.2, 0) is 0 Å². The topological polar surface area (TPSA) is 50.4 Å². The second-order valence-electron chi connectivity index (χ2n) is 6.80. The number of ether oxygens (including phenoxy) is 2. The number of hydrogen-bond acceptors (Lipinski definition) is 4. The number of H-pyrrole nitrogens is 1. The first-order valence-electron chi connectivity index (χ1n) is 9.06. The molecule has 5 heteroatoms. The molecule has 1 aliphatic rings. The fraction of sp³-hybridized carbons (Fsp3) is 0.450. The number of aryl methyl sites for hydroxylation is 1. The number of nitrogens with zero attached hydrogens (tertiary/aromatic N) is 2. The molecular weight excluding hydrogens is 314 g/mol. The molecule has 3 aromatic rings. The lowest BCUT2D eigenvalue weighted by Gasteiger charge is -2.15. The molecule has 0 radical (unpaired) electrons. The van der Waals surface area contributed by atoms with Gasteiger partial charge >= 0.3 is 0 Å². The lowest BCUT2D eigenvalue weighted by molar-refractivity contribution is 0.254. The van der Waals surface area contributed by atoms with E-state index in [4.69, 9.17) is 9.47 Å². The van der Waals surface area contributed by atoms with Crippen LogP contribution in [0.1, 0.15) is 25.0 Å². The van der Waals surface area contributed by atoms with Gasteiger partial charge in [-0.05, 0) is 51.4 Å². The Labute approximate surface area is 147 Å². The maximum absolute atomic E-state index is 6.03. The van der Waals surface area contributed by atoms with Gasteiger partial charge in [-0.15, -0.1) is 0 Å². The third-order valence-corrected chi connectivity index (χ3v) is 4.98. The molecule has 0 atom stereocenters. The molecule has 0 spiro atoms. The molecule has 2 aromatic heterocycles. The van der Waals surface area contributed by atoms with Crippen LogP contribution in [0.4, 0.5) is 0 Å². The monoisotopic (exact) mass is 339 g/mol. The molecule has 0 saturated carbocycles. The highest BCUT2D eigenvalue weighted by Crippen LogP contribution is 2.35. The first-order chi connectivity index (χ1) is 12.2. The van der Waals surface area contributed by atoms with Crippen molar-refractivity contribution < 1.29 is 9.47 Å². The Morgan fingerprint density at radius 3 is 2.68 bits per heavy atom. The minimum atomic E-state index is 0.708. The smallest absolute Gasteiger partial charge is 0.163 e. The van der Waals surface area contributed by atoms with Gasteiger partial charge in [0, 0.05) is 40.8 Å². The van der Waals surface area contributed by atoms with Crippen molar-refractivity contribution in [2.45, 2.75) is 26.2 Å². The van der Waals surface area contributed by atoms with Crippen molar-refractivity contribution in [3.05, 3.63) is 30.1 Å². The lowest BCUT2D eigenvalue weighted by atomic mass is 10.1. The molecule has 1 aliphatic heterocycles. The Morgan fingerprint density at radius 2 is 1.88 bits per heavy atom. The quantitative estimate of drug-likeness (QED) is 0.692. The van der Waals surface area contributed by atoms with E-state index in [1.54, 1.807) is 7.11 Å². The van der Waals surface area contributed by atoms with Crippen LogP contribution in [0.3, 0.4) is 0 Å². The average molecular weight is 339 g/mol. The zero-order chi connectivity index (χ0) is 17.2. The minimum absolute atomic E-state index is 0.708. The minimum Gasteiger partial charge on any atom is -0.493 e. The second kappa shape index (κ2) is 6.92. The summed E-state index contributed by atoms with van der Waals surface area (Å²) < 4.78 is 11.6. The van der Waals surface area contributed by atoms with E-state index in [0.29, 0.717) is 6.61 Å². The van der Waals surface area contributed by atoms with Gasteiger partial charge in [0.15, 0.2) is 11.5 Å². The van der Waals surface area contributed by atoms with E-state index in [1.165, 1.54) is 25.9 Å². The molecule has 1 aromatic carbocycles. The van der Waals surface area contributed by atoms with E-state index in [0.717, 1.165) is 52.0 Å². The van der Waals surface area contributed by atoms with E-state index in [-0.39, 0.29) is 0 Å². The third-order valence-electron chi connectivity index (χ3n) is 4.98. The SMILES string of the molecule is COc1cc2c(cc1OCCCN1CCCC1)[nH]c1cc(C)ncc12. The van der Waals surface area contributed by atoms with Crippen LogP contribution >= 0.6 is 0 Å². The fourth-order valence-corrected chi connectivity index (χ4v) is 3.66. The van der Waals surface area contributed by atoms with Crippen LogP contribution in [0.5, 0.6) is 11.5 Å². The van der Waals surface area contributed by atoms with E-state index in [1.807, 2.05) is 25.3 Å². The van der Waals surface area contributed by atoms with Gasteiger partial charge in [-0.2, -0.15) is 0 Å². The van der Waals surface area contributed by atoms with Gasteiger partial charge < -0.3 is 19.4 Å². The summed E-state index contributed by atoms with van der Waals surface area (Å²) in [5.41, 5.74) is 3.15. The number of benzene rings is 1. The van der Waals surface area contributed by atoms with Gasteiger partial charge in [0.05, 0.1) is 19.2 Å². The van der Waals surface area contributed by atoms with E-state index < -0.39 is 0 Å². The summed E-state index contributed by atoms with van der Waals surface area (Å²) >= 11 is 0. The zero-order valence-electron chi connectivity index (χ0n) is 15.0. The van der Waals surface area contributed by atoms with Crippen molar-refractivity contribution in [1.29, 1.82) is 0 Å². The standard InChI is InChI=1S/C20H25N3O2/c1-14-10-17-16(13-21-14)15-11-19(24-2)20(12-18(15)22-17)25-9-5-8-23-6-3-4-7-23/h10-13,22H,3-9H2,1-2H3. The number of fused-ring (bicyclic) bond motifs is 3. The Bertz CT molecular complexity index is 881. The molecule has 1 fully saturated rings. The third kappa shape index (κ3) is 3.29. The predicted octanol–water partition coefficient (Wildman–Crippen LogP) is 3.90. The summed E-state index contributed by atoms with van der Waals surface area (Å²) in [7, 11) is 1.69. The molecule has 4 rings (SSSR count). The fourth-order valence-electron chi connectivity index (χ4n) is 3.66. The van der Waals surface area contributed by atoms with Crippen molar-refractivity contribution in [1.82, 2.24) is 14.9 Å². The number of aromatic nitrogens is 2. The van der Waals surface area contributed by atoms with E-state index in [2.05, 4.69) is 20.9 Å². The normalized spacial score (nSPS) is 15.3. The van der Waals surface area contributed by atoms with Gasteiger partial charge in [-0.1, -0.05) is 0 Å². The Morgan fingerprint density at radius 1 is 1.08 bits per heavy atom. The average Bonchev–Trinajstić information content (AvgIpc) is 3.24. The molecule has 5 nitrogen and oxygen atoms in total. The molecule has 1 N–H and O–H groups in total. The molecule has 132 valence electrons. The first kappa shape index (κ1) is 16.2. The van der Waals surface area contributed by atoms with Gasteiger partial charge in [0.2, 0.25) is 0 Å². The van der Waals surface area contributed by atoms with Gasteiger partial charge in [0.25, 0.3) is 0 Å². The number of hydrogen-bond donors (Lipinski definition) is 1. The van der Waals surface area contributed by atoms with Crippen molar-refractivity contribution >= 4 is 21.8 Å². The van der Waals surface area contributed by atoms with Crippen LogP contribution in [0.25, 0.3) is 21.8 Å². The molecule has 25 heavy (non-hydrogen) atoms.